The fraction of sp³-hybridized carbons (Fsp3) is 0.588. The number of hydrogen-bond acceptors (Lipinski definition) is 3. The van der Waals surface area contributed by atoms with E-state index in [2.05, 4.69) is 4.74 Å². The molecule has 4 rings (SSSR count). The van der Waals surface area contributed by atoms with Crippen LogP contribution in [0.2, 0.25) is 0 Å². The molecule has 0 aromatic heterocycles. The second kappa shape index (κ2) is 5.12. The van der Waals surface area contributed by atoms with Crippen molar-refractivity contribution in [2.24, 2.45) is 5.41 Å². The highest BCUT2D eigenvalue weighted by molar-refractivity contribution is 6.00. The molecule has 2 heterocycles. The Morgan fingerprint density at radius 1 is 1.04 bits per heavy atom. The van der Waals surface area contributed by atoms with Crippen molar-refractivity contribution in [3.05, 3.63) is 24.3 Å². The first-order chi connectivity index (χ1) is 11.3. The van der Waals surface area contributed by atoms with E-state index in [-0.39, 0.29) is 22.7 Å². The lowest BCUT2D eigenvalue weighted by molar-refractivity contribution is -0.274. The molecule has 2 aliphatic heterocycles. The van der Waals surface area contributed by atoms with Gasteiger partial charge in [-0.15, -0.1) is 13.2 Å². The van der Waals surface area contributed by atoms with Crippen molar-refractivity contribution in [1.29, 1.82) is 0 Å². The predicted molar refractivity (Wildman–Crippen MR) is 79.7 cm³/mol. The highest BCUT2D eigenvalue weighted by atomic mass is 19.4. The fourth-order valence-electron chi connectivity index (χ4n) is 3.93. The normalized spacial score (nSPS) is 32.6. The summed E-state index contributed by atoms with van der Waals surface area (Å²) in [6.07, 6.45) is -0.411. The number of benzene rings is 1. The molecule has 1 amide bonds. The van der Waals surface area contributed by atoms with Crippen LogP contribution in [-0.4, -0.2) is 31.0 Å². The molecule has 1 saturated carbocycles. The molecule has 1 aromatic rings. The zero-order valence-electron chi connectivity index (χ0n) is 13.1. The van der Waals surface area contributed by atoms with Crippen molar-refractivity contribution < 1.29 is 27.4 Å². The molecule has 0 radical (unpaired) electrons. The van der Waals surface area contributed by atoms with Crippen LogP contribution in [0.4, 0.5) is 18.9 Å². The average Bonchev–Trinajstić information content (AvgIpc) is 3.22. The van der Waals surface area contributed by atoms with Crippen LogP contribution >= 0.6 is 0 Å². The Bertz CT molecular complexity index is 642. The van der Waals surface area contributed by atoms with E-state index in [4.69, 9.17) is 4.74 Å². The lowest BCUT2D eigenvalue weighted by Gasteiger charge is -2.34. The summed E-state index contributed by atoms with van der Waals surface area (Å²) in [6, 6.07) is 5.50. The Balaban J connectivity index is 1.46. The van der Waals surface area contributed by atoms with E-state index in [9.17, 15) is 18.0 Å². The van der Waals surface area contributed by atoms with E-state index < -0.39 is 6.36 Å². The number of carbonyl (C=O) groups is 1. The van der Waals surface area contributed by atoms with Crippen LogP contribution in [0, 0.1) is 5.41 Å². The molecular weight excluding hydrogens is 323 g/mol. The molecule has 7 heteroatoms. The number of epoxide rings is 1. The average molecular weight is 341 g/mol. The molecule has 3 fully saturated rings. The van der Waals surface area contributed by atoms with Gasteiger partial charge in [-0.3, -0.25) is 4.79 Å². The Morgan fingerprint density at radius 2 is 1.67 bits per heavy atom. The summed E-state index contributed by atoms with van der Waals surface area (Å²) < 4.78 is 46.0. The summed E-state index contributed by atoms with van der Waals surface area (Å²) in [7, 11) is 0. The molecule has 3 aliphatic rings. The first-order valence-corrected chi connectivity index (χ1v) is 8.13. The van der Waals surface area contributed by atoms with Crippen molar-refractivity contribution in [2.75, 3.05) is 18.1 Å². The largest absolute Gasteiger partial charge is 0.573 e. The second-order valence-corrected chi connectivity index (χ2v) is 7.00. The topological polar surface area (TPSA) is 42.1 Å². The summed E-state index contributed by atoms with van der Waals surface area (Å²) in [5.41, 5.74) is 0.336. The molecule has 2 spiro atoms. The second-order valence-electron chi connectivity index (χ2n) is 7.00. The maximum absolute atomic E-state index is 12.9. The third-order valence-corrected chi connectivity index (χ3v) is 5.57. The van der Waals surface area contributed by atoms with Crippen molar-refractivity contribution in [3.8, 4) is 5.75 Å². The number of rotatable bonds is 2. The summed E-state index contributed by atoms with van der Waals surface area (Å²) in [5.74, 6) is -0.194. The lowest BCUT2D eigenvalue weighted by atomic mass is 9.69. The van der Waals surface area contributed by atoms with Gasteiger partial charge in [0, 0.05) is 12.2 Å². The number of hydrogen-bond donors (Lipinski definition) is 0. The minimum Gasteiger partial charge on any atom is -0.406 e. The summed E-state index contributed by atoms with van der Waals surface area (Å²) >= 11 is 0. The minimum atomic E-state index is -4.71. The van der Waals surface area contributed by atoms with Crippen LogP contribution in [0.3, 0.4) is 0 Å². The van der Waals surface area contributed by atoms with E-state index in [0.717, 1.165) is 38.7 Å². The smallest absolute Gasteiger partial charge is 0.406 e. The van der Waals surface area contributed by atoms with Gasteiger partial charge in [-0.25, -0.2) is 0 Å². The fourth-order valence-corrected chi connectivity index (χ4v) is 3.93. The van der Waals surface area contributed by atoms with Gasteiger partial charge in [-0.2, -0.15) is 0 Å². The Morgan fingerprint density at radius 3 is 2.21 bits per heavy atom. The quantitative estimate of drug-likeness (QED) is 0.771. The number of anilines is 1. The molecule has 0 atom stereocenters. The van der Waals surface area contributed by atoms with Gasteiger partial charge in [0.05, 0.1) is 17.6 Å². The van der Waals surface area contributed by atoms with Crippen LogP contribution in [0.25, 0.3) is 0 Å². The third-order valence-electron chi connectivity index (χ3n) is 5.57. The molecule has 0 bridgehead atoms. The summed E-state index contributed by atoms with van der Waals surface area (Å²) in [6.45, 7) is 1.41. The molecule has 2 saturated heterocycles. The molecule has 0 unspecified atom stereocenters. The maximum Gasteiger partial charge on any atom is 0.573 e. The zero-order chi connectivity index (χ0) is 17.0. The van der Waals surface area contributed by atoms with Crippen LogP contribution in [0.15, 0.2) is 24.3 Å². The van der Waals surface area contributed by atoms with Crippen molar-refractivity contribution >= 4 is 11.6 Å². The van der Waals surface area contributed by atoms with Gasteiger partial charge in [0.2, 0.25) is 5.91 Å². The number of alkyl halides is 3. The molecule has 0 N–H and O–H groups in total. The molecular formula is C17H18F3NO3. The minimum absolute atomic E-state index is 0.0372. The monoisotopic (exact) mass is 341 g/mol. The first kappa shape index (κ1) is 15.7. The summed E-state index contributed by atoms with van der Waals surface area (Å²) in [4.78, 5) is 14.6. The van der Waals surface area contributed by atoms with E-state index in [1.54, 1.807) is 4.90 Å². The number of ether oxygens (including phenoxy) is 2. The Labute approximate surface area is 137 Å². The number of nitrogens with zero attached hydrogens (tertiary/aromatic N) is 1. The molecule has 1 aliphatic carbocycles. The van der Waals surface area contributed by atoms with Crippen LogP contribution in [0.5, 0.6) is 5.75 Å². The molecule has 4 nitrogen and oxygen atoms in total. The highest BCUT2D eigenvalue weighted by Gasteiger charge is 2.56. The van der Waals surface area contributed by atoms with Crippen molar-refractivity contribution in [3.63, 3.8) is 0 Å². The van der Waals surface area contributed by atoms with Gasteiger partial charge >= 0.3 is 6.36 Å². The predicted octanol–water partition coefficient (Wildman–Crippen LogP) is 3.65. The SMILES string of the molecule is O=C1N(c2ccc(OC(F)(F)F)cc2)CC[C@]12CC[C@@]1(CC2)CO1. The van der Waals surface area contributed by atoms with E-state index in [1.165, 1.54) is 24.3 Å². The van der Waals surface area contributed by atoms with E-state index >= 15 is 0 Å². The van der Waals surface area contributed by atoms with Crippen molar-refractivity contribution in [1.82, 2.24) is 0 Å². The van der Waals surface area contributed by atoms with Crippen LogP contribution in [-0.2, 0) is 9.53 Å². The van der Waals surface area contributed by atoms with Crippen molar-refractivity contribution in [2.45, 2.75) is 44.1 Å². The van der Waals surface area contributed by atoms with Crippen LogP contribution < -0.4 is 9.64 Å². The third kappa shape index (κ3) is 2.75. The number of amides is 1. The van der Waals surface area contributed by atoms with Gasteiger partial charge in [0.15, 0.2) is 0 Å². The van der Waals surface area contributed by atoms with Gasteiger partial charge in [-0.1, -0.05) is 0 Å². The molecule has 24 heavy (non-hydrogen) atoms. The van der Waals surface area contributed by atoms with E-state index in [1.807, 2.05) is 0 Å². The highest BCUT2D eigenvalue weighted by Crippen LogP contribution is 2.53. The van der Waals surface area contributed by atoms with Gasteiger partial charge in [0.25, 0.3) is 0 Å². The standard InChI is InChI=1S/C17H18F3NO3/c18-17(19,20)24-13-3-1-12(2-4-13)21-10-9-15(14(21)22)5-7-16(8-6-15)11-23-16/h1-4H,5-11H2/t15-,16-. The molecule has 130 valence electrons. The van der Waals surface area contributed by atoms with E-state index in [0.29, 0.717) is 12.2 Å². The zero-order valence-corrected chi connectivity index (χ0v) is 13.1. The van der Waals surface area contributed by atoms with Gasteiger partial charge < -0.3 is 14.4 Å². The Hall–Kier alpha value is -1.76. The number of halogens is 3. The maximum atomic E-state index is 12.9. The summed E-state index contributed by atoms with van der Waals surface area (Å²) in [5, 5.41) is 0. The first-order valence-electron chi connectivity index (χ1n) is 8.13. The molecule has 1 aromatic carbocycles. The van der Waals surface area contributed by atoms with Gasteiger partial charge in [-0.05, 0) is 56.4 Å². The number of carbonyl (C=O) groups excluding carboxylic acids is 1. The van der Waals surface area contributed by atoms with Crippen LogP contribution in [0.1, 0.15) is 32.1 Å². The van der Waals surface area contributed by atoms with Gasteiger partial charge in [0.1, 0.15) is 5.75 Å². The Kier molecular flexibility index (Phi) is 3.36. The lowest BCUT2D eigenvalue weighted by Crippen LogP contribution is -2.39.